The van der Waals surface area contributed by atoms with Crippen LogP contribution in [0.4, 0.5) is 0 Å². The number of hydrogen-bond acceptors (Lipinski definition) is 1. The third-order valence-corrected chi connectivity index (χ3v) is 4.35. The van der Waals surface area contributed by atoms with Crippen LogP contribution in [0, 0.1) is 0 Å². The van der Waals surface area contributed by atoms with E-state index in [9.17, 15) is 0 Å². The molecule has 0 saturated carbocycles. The summed E-state index contributed by atoms with van der Waals surface area (Å²) in [5, 5.41) is 3.45. The van der Waals surface area contributed by atoms with Crippen molar-refractivity contribution in [1.29, 1.82) is 0 Å². The third-order valence-electron chi connectivity index (χ3n) is 4.35. The lowest BCUT2D eigenvalue weighted by atomic mass is 9.98. The number of hydrogen-bond donors (Lipinski definition) is 1. The van der Waals surface area contributed by atoms with E-state index in [1.807, 2.05) is 0 Å². The van der Waals surface area contributed by atoms with Crippen LogP contribution in [0.15, 0.2) is 42.5 Å². The summed E-state index contributed by atoms with van der Waals surface area (Å²) in [4.78, 5) is 0. The normalized spacial score (nSPS) is 15.1. The molecule has 104 valence electrons. The van der Waals surface area contributed by atoms with Crippen LogP contribution < -0.4 is 5.32 Å². The van der Waals surface area contributed by atoms with Gasteiger partial charge in [-0.3, -0.25) is 0 Å². The summed E-state index contributed by atoms with van der Waals surface area (Å²) in [5.74, 6) is 0. The molecule has 1 aliphatic rings. The fourth-order valence-electron chi connectivity index (χ4n) is 3.14. The summed E-state index contributed by atoms with van der Waals surface area (Å²) in [6.07, 6.45) is 3.82. The van der Waals surface area contributed by atoms with E-state index >= 15 is 0 Å². The third kappa shape index (κ3) is 2.64. The van der Waals surface area contributed by atoms with E-state index in [2.05, 4.69) is 61.6 Å². The molecule has 20 heavy (non-hydrogen) atoms. The van der Waals surface area contributed by atoms with Crippen molar-refractivity contribution in [2.45, 2.75) is 39.2 Å². The van der Waals surface area contributed by atoms with Gasteiger partial charge in [-0.05, 0) is 60.5 Å². The zero-order valence-corrected chi connectivity index (χ0v) is 12.4. The molecule has 0 aromatic heterocycles. The molecule has 0 fully saturated rings. The van der Waals surface area contributed by atoms with Gasteiger partial charge in [-0.1, -0.05) is 49.4 Å². The SMILES string of the molecule is CCNC(C)c1ccc(-c2ccc3c(c2)CCC3)cc1. The topological polar surface area (TPSA) is 12.0 Å². The molecule has 1 unspecified atom stereocenters. The van der Waals surface area contributed by atoms with Gasteiger partial charge in [0.1, 0.15) is 0 Å². The van der Waals surface area contributed by atoms with Crippen molar-refractivity contribution in [3.63, 3.8) is 0 Å². The lowest BCUT2D eigenvalue weighted by Gasteiger charge is -2.13. The summed E-state index contributed by atoms with van der Waals surface area (Å²) < 4.78 is 0. The molecule has 2 aromatic rings. The Bertz CT molecular complexity index is 583. The van der Waals surface area contributed by atoms with Gasteiger partial charge < -0.3 is 5.32 Å². The Morgan fingerprint density at radius 3 is 2.40 bits per heavy atom. The molecule has 0 aliphatic heterocycles. The first-order chi connectivity index (χ1) is 9.78. The zero-order chi connectivity index (χ0) is 13.9. The Kier molecular flexibility index (Phi) is 3.88. The van der Waals surface area contributed by atoms with Gasteiger partial charge in [-0.15, -0.1) is 0 Å². The van der Waals surface area contributed by atoms with Crippen LogP contribution in [-0.2, 0) is 12.8 Å². The van der Waals surface area contributed by atoms with Crippen molar-refractivity contribution in [3.8, 4) is 11.1 Å². The van der Waals surface area contributed by atoms with E-state index in [0.29, 0.717) is 6.04 Å². The molecule has 0 radical (unpaired) electrons. The molecular weight excluding hydrogens is 242 g/mol. The summed E-state index contributed by atoms with van der Waals surface area (Å²) in [6, 6.07) is 16.4. The van der Waals surface area contributed by atoms with E-state index < -0.39 is 0 Å². The number of aryl methyl sites for hydroxylation is 2. The smallest absolute Gasteiger partial charge is 0.0291 e. The fourth-order valence-corrected chi connectivity index (χ4v) is 3.14. The predicted octanol–water partition coefficient (Wildman–Crippen LogP) is 4.51. The van der Waals surface area contributed by atoms with Gasteiger partial charge in [0.15, 0.2) is 0 Å². The first kappa shape index (κ1) is 13.4. The van der Waals surface area contributed by atoms with Crippen molar-refractivity contribution < 1.29 is 0 Å². The summed E-state index contributed by atoms with van der Waals surface area (Å²) >= 11 is 0. The van der Waals surface area contributed by atoms with Crippen molar-refractivity contribution in [2.75, 3.05) is 6.54 Å². The average molecular weight is 265 g/mol. The second-order valence-corrected chi connectivity index (χ2v) is 5.74. The lowest BCUT2D eigenvalue weighted by molar-refractivity contribution is 0.598. The molecular formula is C19H23N. The average Bonchev–Trinajstić information content (AvgIpc) is 2.95. The molecule has 2 aromatic carbocycles. The van der Waals surface area contributed by atoms with E-state index in [4.69, 9.17) is 0 Å². The van der Waals surface area contributed by atoms with Crippen LogP contribution in [-0.4, -0.2) is 6.54 Å². The summed E-state index contributed by atoms with van der Waals surface area (Å²) in [6.45, 7) is 5.37. The summed E-state index contributed by atoms with van der Waals surface area (Å²) in [7, 11) is 0. The Morgan fingerprint density at radius 2 is 1.65 bits per heavy atom. The van der Waals surface area contributed by atoms with Gasteiger partial charge in [0.25, 0.3) is 0 Å². The Labute approximate surface area is 122 Å². The van der Waals surface area contributed by atoms with Gasteiger partial charge >= 0.3 is 0 Å². The van der Waals surface area contributed by atoms with Crippen LogP contribution in [0.3, 0.4) is 0 Å². The van der Waals surface area contributed by atoms with Crippen molar-refractivity contribution in [2.24, 2.45) is 0 Å². The maximum Gasteiger partial charge on any atom is 0.0291 e. The van der Waals surface area contributed by atoms with E-state index in [0.717, 1.165) is 6.54 Å². The lowest BCUT2D eigenvalue weighted by Crippen LogP contribution is -2.17. The largest absolute Gasteiger partial charge is 0.310 e. The van der Waals surface area contributed by atoms with Crippen LogP contribution >= 0.6 is 0 Å². The Morgan fingerprint density at radius 1 is 0.950 bits per heavy atom. The zero-order valence-electron chi connectivity index (χ0n) is 12.4. The fraction of sp³-hybridized carbons (Fsp3) is 0.368. The number of fused-ring (bicyclic) bond motifs is 1. The van der Waals surface area contributed by atoms with Crippen LogP contribution in [0.1, 0.15) is 43.0 Å². The Hall–Kier alpha value is -1.60. The first-order valence-electron chi connectivity index (χ1n) is 7.73. The second kappa shape index (κ2) is 5.80. The molecule has 3 rings (SSSR count). The maximum absolute atomic E-state index is 3.45. The minimum absolute atomic E-state index is 0.425. The van der Waals surface area contributed by atoms with Gasteiger partial charge in [0.05, 0.1) is 0 Å². The van der Waals surface area contributed by atoms with Crippen LogP contribution in [0.25, 0.3) is 11.1 Å². The number of nitrogens with one attached hydrogen (secondary N) is 1. The molecule has 1 atom stereocenters. The van der Waals surface area contributed by atoms with Crippen molar-refractivity contribution in [3.05, 3.63) is 59.2 Å². The highest BCUT2D eigenvalue weighted by molar-refractivity contribution is 5.65. The molecule has 0 spiro atoms. The molecule has 0 bridgehead atoms. The molecule has 0 amide bonds. The van der Waals surface area contributed by atoms with Crippen LogP contribution in [0.5, 0.6) is 0 Å². The first-order valence-corrected chi connectivity index (χ1v) is 7.73. The van der Waals surface area contributed by atoms with Crippen molar-refractivity contribution in [1.82, 2.24) is 5.32 Å². The molecule has 1 aliphatic carbocycles. The Balaban J connectivity index is 1.84. The van der Waals surface area contributed by atoms with E-state index in [1.165, 1.54) is 36.0 Å². The number of rotatable bonds is 4. The molecule has 1 N–H and O–H groups in total. The van der Waals surface area contributed by atoms with Crippen molar-refractivity contribution >= 4 is 0 Å². The van der Waals surface area contributed by atoms with Gasteiger partial charge in [0, 0.05) is 6.04 Å². The highest BCUT2D eigenvalue weighted by atomic mass is 14.9. The van der Waals surface area contributed by atoms with Gasteiger partial charge in [-0.25, -0.2) is 0 Å². The highest BCUT2D eigenvalue weighted by Crippen LogP contribution is 2.28. The highest BCUT2D eigenvalue weighted by Gasteiger charge is 2.11. The standard InChI is InChI=1S/C19H23N/c1-3-20-14(2)15-7-9-17(10-8-15)19-12-11-16-5-4-6-18(16)13-19/h7-14,20H,3-6H2,1-2H3. The minimum Gasteiger partial charge on any atom is -0.310 e. The van der Waals surface area contributed by atoms with E-state index in [1.54, 1.807) is 11.1 Å². The quantitative estimate of drug-likeness (QED) is 0.857. The molecule has 0 heterocycles. The maximum atomic E-state index is 3.45. The number of benzene rings is 2. The van der Waals surface area contributed by atoms with Gasteiger partial charge in [0.2, 0.25) is 0 Å². The second-order valence-electron chi connectivity index (χ2n) is 5.74. The minimum atomic E-state index is 0.425. The molecule has 0 saturated heterocycles. The van der Waals surface area contributed by atoms with Crippen LogP contribution in [0.2, 0.25) is 0 Å². The van der Waals surface area contributed by atoms with E-state index in [-0.39, 0.29) is 0 Å². The van der Waals surface area contributed by atoms with Gasteiger partial charge in [-0.2, -0.15) is 0 Å². The predicted molar refractivity (Wildman–Crippen MR) is 86.0 cm³/mol. The summed E-state index contributed by atoms with van der Waals surface area (Å²) in [5.41, 5.74) is 7.14. The molecule has 1 nitrogen and oxygen atoms in total. The monoisotopic (exact) mass is 265 g/mol. The molecule has 1 heteroatoms.